The molecule has 1 rings (SSSR count). The maximum Gasteiger partial charge on any atom is 0.221 e. The van der Waals surface area contributed by atoms with Gasteiger partial charge in [-0.25, -0.2) is 0 Å². The number of methoxy groups -OCH3 is 2. The molecule has 0 spiro atoms. The molecule has 0 heterocycles. The predicted molar refractivity (Wildman–Crippen MR) is 91.1 cm³/mol. The molecule has 0 atom stereocenters. The van der Waals surface area contributed by atoms with E-state index >= 15 is 0 Å². The smallest absolute Gasteiger partial charge is 0.221 e. The van der Waals surface area contributed by atoms with E-state index in [1.807, 2.05) is 25.3 Å². The summed E-state index contributed by atoms with van der Waals surface area (Å²) in [5.41, 5.74) is 1.97. The molecule has 0 aliphatic heterocycles. The third-order valence-corrected chi connectivity index (χ3v) is 3.07. The van der Waals surface area contributed by atoms with Crippen molar-refractivity contribution in [1.29, 1.82) is 0 Å². The molecule has 0 saturated heterocycles. The van der Waals surface area contributed by atoms with Gasteiger partial charge in [0.15, 0.2) is 11.5 Å². The van der Waals surface area contributed by atoms with E-state index in [0.717, 1.165) is 11.1 Å². The molecule has 0 aliphatic carbocycles. The van der Waals surface area contributed by atoms with Crippen LogP contribution in [0.3, 0.4) is 0 Å². The summed E-state index contributed by atoms with van der Waals surface area (Å²) in [5, 5.41) is 5.84. The summed E-state index contributed by atoms with van der Waals surface area (Å²) in [6.45, 7) is 4.88. The number of carbonyl (C=O) groups is 1. The Hall–Kier alpha value is -1.72. The summed E-state index contributed by atoms with van der Waals surface area (Å²) in [6, 6.07) is 3.88. The number of hydrogen-bond donors (Lipinski definition) is 2. The highest BCUT2D eigenvalue weighted by molar-refractivity contribution is 5.85. The highest BCUT2D eigenvalue weighted by atomic mass is 35.5. The number of carbonyl (C=O) groups excluding carboxylic acids is 1. The zero-order chi connectivity index (χ0) is 15.7. The Bertz CT molecular complexity index is 493. The first-order valence-corrected chi connectivity index (χ1v) is 6.92. The predicted octanol–water partition coefficient (Wildman–Crippen LogP) is 2.08. The third-order valence-electron chi connectivity index (χ3n) is 3.07. The quantitative estimate of drug-likeness (QED) is 0.681. The van der Waals surface area contributed by atoms with Crippen LogP contribution in [-0.2, 0) is 17.8 Å². The van der Waals surface area contributed by atoms with Gasteiger partial charge in [-0.15, -0.1) is 19.0 Å². The van der Waals surface area contributed by atoms with Crippen LogP contribution in [0, 0.1) is 0 Å². The van der Waals surface area contributed by atoms with E-state index in [1.54, 1.807) is 14.2 Å². The Morgan fingerprint density at radius 1 is 1.32 bits per heavy atom. The Morgan fingerprint density at radius 3 is 2.59 bits per heavy atom. The molecule has 0 aliphatic rings. The summed E-state index contributed by atoms with van der Waals surface area (Å²) < 4.78 is 10.7. The Labute approximate surface area is 138 Å². The van der Waals surface area contributed by atoms with E-state index < -0.39 is 0 Å². The summed E-state index contributed by atoms with van der Waals surface area (Å²) in [6.07, 6.45) is 2.96. The van der Waals surface area contributed by atoms with Gasteiger partial charge in [0.05, 0.1) is 14.2 Å². The van der Waals surface area contributed by atoms with Gasteiger partial charge in [-0.05, 0) is 31.2 Å². The number of nitrogens with one attached hydrogen (secondary N) is 2. The van der Waals surface area contributed by atoms with Crippen molar-refractivity contribution >= 4 is 18.3 Å². The zero-order valence-electron chi connectivity index (χ0n) is 13.4. The summed E-state index contributed by atoms with van der Waals surface area (Å²) in [4.78, 5) is 11.6. The van der Waals surface area contributed by atoms with Crippen LogP contribution in [0.2, 0.25) is 0 Å². The van der Waals surface area contributed by atoms with Gasteiger partial charge in [0.25, 0.3) is 0 Å². The van der Waals surface area contributed by atoms with Gasteiger partial charge in [-0.2, -0.15) is 0 Å². The monoisotopic (exact) mass is 328 g/mol. The fraction of sp³-hybridized carbons (Fsp3) is 0.438. The SMILES string of the molecule is C=CCc1cc(CNC(=O)CCNC)cc(OC)c1OC.Cl. The molecule has 0 unspecified atom stereocenters. The molecular weight excluding hydrogens is 304 g/mol. The van der Waals surface area contributed by atoms with E-state index in [4.69, 9.17) is 9.47 Å². The van der Waals surface area contributed by atoms with Gasteiger partial charge in [0.2, 0.25) is 5.91 Å². The van der Waals surface area contributed by atoms with Crippen molar-refractivity contribution in [2.45, 2.75) is 19.4 Å². The molecule has 2 N–H and O–H groups in total. The van der Waals surface area contributed by atoms with E-state index in [0.29, 0.717) is 37.4 Å². The average Bonchev–Trinajstić information content (AvgIpc) is 2.50. The molecule has 0 radical (unpaired) electrons. The van der Waals surface area contributed by atoms with Crippen molar-refractivity contribution in [2.75, 3.05) is 27.8 Å². The van der Waals surface area contributed by atoms with Gasteiger partial charge in [0, 0.05) is 25.1 Å². The number of allylic oxidation sites excluding steroid dienone is 1. The van der Waals surface area contributed by atoms with Crippen LogP contribution in [-0.4, -0.2) is 33.7 Å². The van der Waals surface area contributed by atoms with Gasteiger partial charge in [0.1, 0.15) is 0 Å². The van der Waals surface area contributed by atoms with Crippen LogP contribution in [0.25, 0.3) is 0 Å². The molecular formula is C16H25ClN2O3. The molecule has 22 heavy (non-hydrogen) atoms. The highest BCUT2D eigenvalue weighted by Gasteiger charge is 2.12. The number of hydrogen-bond acceptors (Lipinski definition) is 4. The van der Waals surface area contributed by atoms with E-state index in [9.17, 15) is 4.79 Å². The van der Waals surface area contributed by atoms with Gasteiger partial charge in [-0.1, -0.05) is 6.08 Å². The minimum Gasteiger partial charge on any atom is -0.493 e. The van der Waals surface area contributed by atoms with Crippen LogP contribution in [0.15, 0.2) is 24.8 Å². The second-order valence-corrected chi connectivity index (χ2v) is 4.61. The van der Waals surface area contributed by atoms with Crippen molar-refractivity contribution in [3.8, 4) is 11.5 Å². The Morgan fingerprint density at radius 2 is 2.05 bits per heavy atom. The summed E-state index contributed by atoms with van der Waals surface area (Å²) in [7, 11) is 5.04. The van der Waals surface area contributed by atoms with Gasteiger partial charge < -0.3 is 20.1 Å². The normalized spacial score (nSPS) is 9.59. The third kappa shape index (κ3) is 5.95. The van der Waals surface area contributed by atoms with Crippen molar-refractivity contribution < 1.29 is 14.3 Å². The summed E-state index contributed by atoms with van der Waals surface area (Å²) in [5.74, 6) is 1.39. The van der Waals surface area contributed by atoms with Crippen molar-refractivity contribution in [3.63, 3.8) is 0 Å². The number of benzene rings is 1. The number of ether oxygens (including phenoxy) is 2. The molecule has 1 aromatic carbocycles. The molecule has 0 aromatic heterocycles. The van der Waals surface area contributed by atoms with Gasteiger partial charge >= 0.3 is 0 Å². The van der Waals surface area contributed by atoms with Crippen molar-refractivity contribution in [3.05, 3.63) is 35.9 Å². The van der Waals surface area contributed by atoms with Crippen LogP contribution in [0.5, 0.6) is 11.5 Å². The maximum absolute atomic E-state index is 11.6. The first-order chi connectivity index (χ1) is 10.2. The largest absolute Gasteiger partial charge is 0.493 e. The van der Waals surface area contributed by atoms with Crippen LogP contribution >= 0.6 is 12.4 Å². The maximum atomic E-state index is 11.6. The molecule has 0 saturated carbocycles. The molecule has 1 aromatic rings. The minimum absolute atomic E-state index is 0. The average molecular weight is 329 g/mol. The lowest BCUT2D eigenvalue weighted by Gasteiger charge is -2.14. The van der Waals surface area contributed by atoms with E-state index in [1.165, 1.54) is 0 Å². The Kier molecular flexibility index (Phi) is 10.1. The molecule has 0 fully saturated rings. The number of rotatable bonds is 9. The van der Waals surface area contributed by atoms with Crippen molar-refractivity contribution in [1.82, 2.24) is 10.6 Å². The van der Waals surface area contributed by atoms with Crippen molar-refractivity contribution in [2.24, 2.45) is 0 Å². The Balaban J connectivity index is 0.00000441. The molecule has 124 valence electrons. The molecule has 6 heteroatoms. The van der Waals surface area contributed by atoms with Crippen LogP contribution < -0.4 is 20.1 Å². The number of amides is 1. The van der Waals surface area contributed by atoms with Crippen LogP contribution in [0.4, 0.5) is 0 Å². The molecule has 5 nitrogen and oxygen atoms in total. The second-order valence-electron chi connectivity index (χ2n) is 4.61. The lowest BCUT2D eigenvalue weighted by Crippen LogP contribution is -2.26. The second kappa shape index (κ2) is 10.9. The first-order valence-electron chi connectivity index (χ1n) is 6.92. The topological polar surface area (TPSA) is 59.6 Å². The summed E-state index contributed by atoms with van der Waals surface area (Å²) >= 11 is 0. The highest BCUT2D eigenvalue weighted by Crippen LogP contribution is 2.33. The first kappa shape index (κ1) is 20.3. The van der Waals surface area contributed by atoms with E-state index in [2.05, 4.69) is 17.2 Å². The zero-order valence-corrected chi connectivity index (χ0v) is 14.2. The van der Waals surface area contributed by atoms with Crippen LogP contribution in [0.1, 0.15) is 17.5 Å². The molecule has 1 amide bonds. The lowest BCUT2D eigenvalue weighted by atomic mass is 10.1. The van der Waals surface area contributed by atoms with Gasteiger partial charge in [-0.3, -0.25) is 4.79 Å². The fourth-order valence-corrected chi connectivity index (χ4v) is 2.04. The lowest BCUT2D eigenvalue weighted by molar-refractivity contribution is -0.121. The standard InChI is InChI=1S/C16H24N2O3.ClH/c1-5-6-13-9-12(10-14(20-3)16(13)21-4)11-18-15(19)7-8-17-2;/h5,9-10,17H,1,6-8,11H2,2-4H3,(H,18,19);1H. The fourth-order valence-electron chi connectivity index (χ4n) is 2.04. The van der Waals surface area contributed by atoms with E-state index in [-0.39, 0.29) is 18.3 Å². The molecule has 0 bridgehead atoms. The minimum atomic E-state index is 0. The number of halogens is 1.